The SMILES string of the molecule is C=C1N=N[N+](C)=N1. The van der Waals surface area contributed by atoms with E-state index in [1.54, 1.807) is 7.05 Å². The lowest BCUT2D eigenvalue weighted by atomic mass is 10.9. The molecule has 1 rings (SSSR count). The Hall–Kier alpha value is -1.06. The third-order valence-corrected chi connectivity index (χ3v) is 0.550. The zero-order chi connectivity index (χ0) is 5.28. The van der Waals surface area contributed by atoms with Gasteiger partial charge in [-0.3, -0.25) is 0 Å². The Kier molecular flexibility index (Phi) is 0.714. The van der Waals surface area contributed by atoms with Crippen molar-refractivity contribution in [1.29, 1.82) is 0 Å². The van der Waals surface area contributed by atoms with Crippen molar-refractivity contribution in [2.24, 2.45) is 15.5 Å². The van der Waals surface area contributed by atoms with Gasteiger partial charge in [-0.1, -0.05) is 0 Å². The lowest BCUT2D eigenvalue weighted by Crippen LogP contribution is -1.82. The molecule has 0 bridgehead atoms. The first-order chi connectivity index (χ1) is 3.29. The van der Waals surface area contributed by atoms with E-state index >= 15 is 0 Å². The summed E-state index contributed by atoms with van der Waals surface area (Å²) >= 11 is 0. The van der Waals surface area contributed by atoms with Gasteiger partial charge in [0.25, 0.3) is 0 Å². The standard InChI is InChI=1S/C3H5N4/c1-3-4-6-7(2)5-3/h1H2,2H3/q+1. The monoisotopic (exact) mass is 97.1 g/mol. The van der Waals surface area contributed by atoms with Crippen molar-refractivity contribution in [2.45, 2.75) is 0 Å². The Labute approximate surface area is 40.8 Å². The summed E-state index contributed by atoms with van der Waals surface area (Å²) in [7, 11) is 1.70. The third-order valence-electron chi connectivity index (χ3n) is 0.550. The number of hydrogen-bond donors (Lipinski definition) is 0. The molecule has 4 nitrogen and oxygen atoms in total. The van der Waals surface area contributed by atoms with Gasteiger partial charge in [0.2, 0.25) is 0 Å². The molecule has 0 saturated carbocycles. The van der Waals surface area contributed by atoms with E-state index in [1.165, 1.54) is 4.81 Å². The molecular weight excluding hydrogens is 92.1 g/mol. The molecule has 0 spiro atoms. The normalized spacial score (nSPS) is 17.9. The fourth-order valence-electron chi connectivity index (χ4n) is 0.323. The number of rotatable bonds is 0. The van der Waals surface area contributed by atoms with Crippen molar-refractivity contribution in [3.63, 3.8) is 0 Å². The summed E-state index contributed by atoms with van der Waals surface area (Å²) < 4.78 is 0. The van der Waals surface area contributed by atoms with E-state index in [4.69, 9.17) is 0 Å². The number of hydrogen-bond acceptors (Lipinski definition) is 3. The van der Waals surface area contributed by atoms with Gasteiger partial charge < -0.3 is 0 Å². The Morgan fingerprint density at radius 2 is 2.43 bits per heavy atom. The van der Waals surface area contributed by atoms with Crippen LogP contribution in [0.4, 0.5) is 0 Å². The second-order valence-corrected chi connectivity index (χ2v) is 1.20. The van der Waals surface area contributed by atoms with Crippen molar-refractivity contribution in [3.8, 4) is 0 Å². The fraction of sp³-hybridized carbons (Fsp3) is 0.333. The highest BCUT2D eigenvalue weighted by Gasteiger charge is 2.07. The van der Waals surface area contributed by atoms with Gasteiger partial charge in [-0.05, 0) is 16.5 Å². The minimum atomic E-state index is 0.461. The maximum Gasteiger partial charge on any atom is 0.327 e. The van der Waals surface area contributed by atoms with Gasteiger partial charge >= 0.3 is 5.82 Å². The maximum atomic E-state index is 3.69. The number of azo groups is 1. The molecule has 1 heterocycles. The molecular formula is C3H5N4+. The molecule has 0 unspecified atom stereocenters. The lowest BCUT2D eigenvalue weighted by Gasteiger charge is -1.64. The minimum Gasteiger partial charge on any atom is -0.0348 e. The Morgan fingerprint density at radius 3 is 2.57 bits per heavy atom. The van der Waals surface area contributed by atoms with Crippen molar-refractivity contribution in [2.75, 3.05) is 7.05 Å². The molecule has 1 aliphatic heterocycles. The zero-order valence-electron chi connectivity index (χ0n) is 4.00. The maximum absolute atomic E-state index is 3.69. The van der Waals surface area contributed by atoms with E-state index in [1.807, 2.05) is 0 Å². The highest BCUT2D eigenvalue weighted by atomic mass is 15.6. The Morgan fingerprint density at radius 1 is 1.71 bits per heavy atom. The van der Waals surface area contributed by atoms with Gasteiger partial charge in [0.05, 0.1) is 5.11 Å². The molecule has 0 aromatic rings. The predicted octanol–water partition coefficient (Wildman–Crippen LogP) is 0.933. The van der Waals surface area contributed by atoms with Crippen LogP contribution in [-0.2, 0) is 0 Å². The molecule has 0 radical (unpaired) electrons. The molecule has 4 heteroatoms. The van der Waals surface area contributed by atoms with Crippen LogP contribution in [0.15, 0.2) is 27.9 Å². The quantitative estimate of drug-likeness (QED) is 0.403. The topological polar surface area (TPSA) is 40.1 Å². The average Bonchev–Trinajstić information content (AvgIpc) is 1.87. The first-order valence-corrected chi connectivity index (χ1v) is 1.85. The van der Waals surface area contributed by atoms with Gasteiger partial charge in [-0.2, -0.15) is 0 Å². The van der Waals surface area contributed by atoms with E-state index in [9.17, 15) is 0 Å². The summed E-state index contributed by atoms with van der Waals surface area (Å²) in [6.45, 7) is 3.44. The Balaban J connectivity index is 2.88. The highest BCUT2D eigenvalue weighted by Crippen LogP contribution is 2.02. The summed E-state index contributed by atoms with van der Waals surface area (Å²) in [5, 5.41) is 10.7. The van der Waals surface area contributed by atoms with Crippen LogP contribution in [0.5, 0.6) is 0 Å². The van der Waals surface area contributed by atoms with Gasteiger partial charge in [0, 0.05) is 0 Å². The molecule has 0 amide bonds. The van der Waals surface area contributed by atoms with Crippen molar-refractivity contribution >= 4 is 0 Å². The van der Waals surface area contributed by atoms with Gasteiger partial charge in [-0.25, -0.2) is 0 Å². The van der Waals surface area contributed by atoms with Crippen LogP contribution in [0.1, 0.15) is 0 Å². The zero-order valence-corrected chi connectivity index (χ0v) is 4.00. The molecule has 0 fully saturated rings. The Bertz CT molecular complexity index is 154. The van der Waals surface area contributed by atoms with Crippen LogP contribution in [0.25, 0.3) is 0 Å². The van der Waals surface area contributed by atoms with Gasteiger partial charge in [0.15, 0.2) is 5.22 Å². The van der Waals surface area contributed by atoms with E-state index in [0.29, 0.717) is 5.82 Å². The summed E-state index contributed by atoms with van der Waals surface area (Å²) in [6.07, 6.45) is 0. The van der Waals surface area contributed by atoms with E-state index < -0.39 is 0 Å². The molecule has 0 aliphatic carbocycles. The summed E-state index contributed by atoms with van der Waals surface area (Å²) in [5.41, 5.74) is 0. The first kappa shape index (κ1) is 4.11. The molecule has 36 valence electrons. The van der Waals surface area contributed by atoms with Gasteiger partial charge in [-0.15, -0.1) is 0 Å². The molecule has 0 atom stereocenters. The van der Waals surface area contributed by atoms with Crippen LogP contribution in [0.3, 0.4) is 0 Å². The fourth-order valence-corrected chi connectivity index (χ4v) is 0.323. The van der Waals surface area contributed by atoms with Crippen LogP contribution < -0.4 is 0 Å². The van der Waals surface area contributed by atoms with Crippen molar-refractivity contribution < 1.29 is 4.81 Å². The molecule has 7 heavy (non-hydrogen) atoms. The third kappa shape index (κ3) is 0.677. The summed E-state index contributed by atoms with van der Waals surface area (Å²) in [6, 6.07) is 0. The molecule has 0 aromatic heterocycles. The average molecular weight is 97.1 g/mol. The van der Waals surface area contributed by atoms with Crippen molar-refractivity contribution in [1.82, 2.24) is 0 Å². The predicted molar refractivity (Wildman–Crippen MR) is 22.6 cm³/mol. The molecule has 1 aliphatic rings. The number of nitrogens with zero attached hydrogens (tertiary/aromatic N) is 4. The smallest absolute Gasteiger partial charge is 0.0348 e. The second kappa shape index (κ2) is 1.22. The van der Waals surface area contributed by atoms with Gasteiger partial charge in [0.1, 0.15) is 7.05 Å². The van der Waals surface area contributed by atoms with Crippen molar-refractivity contribution in [3.05, 3.63) is 12.4 Å². The molecule has 0 aromatic carbocycles. The lowest BCUT2D eigenvalue weighted by molar-refractivity contribution is -0.568. The van der Waals surface area contributed by atoms with E-state index in [-0.39, 0.29) is 0 Å². The van der Waals surface area contributed by atoms with Crippen LogP contribution in [0, 0.1) is 0 Å². The summed E-state index contributed by atoms with van der Waals surface area (Å²) in [4.78, 5) is 1.36. The van der Waals surface area contributed by atoms with E-state index in [2.05, 4.69) is 22.0 Å². The summed E-state index contributed by atoms with van der Waals surface area (Å²) in [5.74, 6) is 0.461. The molecule has 0 saturated heterocycles. The van der Waals surface area contributed by atoms with Crippen LogP contribution in [0.2, 0.25) is 0 Å². The largest absolute Gasteiger partial charge is 0.327 e. The highest BCUT2D eigenvalue weighted by molar-refractivity contribution is 4.83. The molecule has 0 N–H and O–H groups in total. The second-order valence-electron chi connectivity index (χ2n) is 1.20. The van der Waals surface area contributed by atoms with Crippen LogP contribution >= 0.6 is 0 Å². The first-order valence-electron chi connectivity index (χ1n) is 1.85. The van der Waals surface area contributed by atoms with Crippen LogP contribution in [-0.4, -0.2) is 11.9 Å². The minimum absolute atomic E-state index is 0.461. The van der Waals surface area contributed by atoms with E-state index in [0.717, 1.165) is 0 Å².